The molecule has 1 saturated heterocycles. The Labute approximate surface area is 106 Å². The van der Waals surface area contributed by atoms with Crippen LogP contribution < -0.4 is 11.1 Å². The van der Waals surface area contributed by atoms with Crippen molar-refractivity contribution in [3.63, 3.8) is 0 Å². The Bertz CT molecular complexity index is 410. The maximum atomic E-state index is 11.8. The number of rotatable bonds is 5. The van der Waals surface area contributed by atoms with Gasteiger partial charge >= 0.3 is 0 Å². The summed E-state index contributed by atoms with van der Waals surface area (Å²) < 4.78 is 7.13. The molecular weight excluding hydrogens is 232 g/mol. The lowest BCUT2D eigenvalue weighted by atomic mass is 10.1. The number of hydrogen-bond acceptors (Lipinski definition) is 4. The zero-order valence-corrected chi connectivity index (χ0v) is 10.7. The molecule has 0 aliphatic carbocycles. The maximum Gasteiger partial charge on any atom is 0.225 e. The third-order valence-corrected chi connectivity index (χ3v) is 3.10. The third kappa shape index (κ3) is 3.30. The molecule has 2 rings (SSSR count). The molecule has 0 radical (unpaired) electrons. The number of aromatic nitrogens is 2. The van der Waals surface area contributed by atoms with Crippen molar-refractivity contribution >= 4 is 11.7 Å². The number of ether oxygens (including phenoxy) is 1. The van der Waals surface area contributed by atoms with Crippen LogP contribution in [0, 0.1) is 0 Å². The molecular formula is C12H20N4O2. The first-order valence-corrected chi connectivity index (χ1v) is 6.33. The lowest BCUT2D eigenvalue weighted by Gasteiger charge is -2.08. The molecule has 0 saturated carbocycles. The van der Waals surface area contributed by atoms with Gasteiger partial charge in [-0.1, -0.05) is 0 Å². The molecule has 6 heteroatoms. The van der Waals surface area contributed by atoms with E-state index in [9.17, 15) is 4.79 Å². The molecule has 1 aliphatic heterocycles. The fourth-order valence-electron chi connectivity index (χ4n) is 2.15. The molecule has 1 amide bonds. The summed E-state index contributed by atoms with van der Waals surface area (Å²) in [7, 11) is 1.81. The Kier molecular flexibility index (Phi) is 4.33. The van der Waals surface area contributed by atoms with Crippen LogP contribution in [0.4, 0.5) is 5.82 Å². The van der Waals surface area contributed by atoms with Gasteiger partial charge in [-0.05, 0) is 19.3 Å². The number of amides is 1. The van der Waals surface area contributed by atoms with Gasteiger partial charge in [0.15, 0.2) is 5.82 Å². The number of carbonyl (C=O) groups excluding carboxylic acids is 1. The van der Waals surface area contributed by atoms with Crippen molar-refractivity contribution in [3.8, 4) is 0 Å². The Morgan fingerprint density at radius 3 is 3.22 bits per heavy atom. The van der Waals surface area contributed by atoms with Crippen molar-refractivity contribution in [2.45, 2.75) is 38.3 Å². The molecule has 0 bridgehead atoms. The van der Waals surface area contributed by atoms with Gasteiger partial charge in [-0.25, -0.2) is 0 Å². The van der Waals surface area contributed by atoms with Gasteiger partial charge in [0, 0.05) is 38.4 Å². The third-order valence-electron chi connectivity index (χ3n) is 3.10. The molecule has 3 N–H and O–H groups in total. The van der Waals surface area contributed by atoms with Crippen LogP contribution in [0.1, 0.15) is 31.2 Å². The molecule has 1 aliphatic rings. The summed E-state index contributed by atoms with van der Waals surface area (Å²) in [6, 6.07) is 0. The van der Waals surface area contributed by atoms with E-state index in [4.69, 9.17) is 10.5 Å². The van der Waals surface area contributed by atoms with Gasteiger partial charge in [0.2, 0.25) is 5.91 Å². The highest BCUT2D eigenvalue weighted by Crippen LogP contribution is 2.18. The summed E-state index contributed by atoms with van der Waals surface area (Å²) in [4.78, 5) is 11.8. The SMILES string of the molecule is Cn1cc(CN)c(NC(=O)CCC2CCCO2)n1. The van der Waals surface area contributed by atoms with E-state index in [1.54, 1.807) is 11.7 Å². The van der Waals surface area contributed by atoms with Crippen LogP contribution in [-0.2, 0) is 23.1 Å². The van der Waals surface area contributed by atoms with Gasteiger partial charge in [0.05, 0.1) is 6.10 Å². The minimum absolute atomic E-state index is 0.0288. The number of hydrogen-bond donors (Lipinski definition) is 2. The number of anilines is 1. The summed E-state index contributed by atoms with van der Waals surface area (Å²) in [5.74, 6) is 0.538. The van der Waals surface area contributed by atoms with E-state index in [1.165, 1.54) is 0 Å². The summed E-state index contributed by atoms with van der Waals surface area (Å²) in [5.41, 5.74) is 6.44. The van der Waals surface area contributed by atoms with E-state index in [-0.39, 0.29) is 12.0 Å². The number of nitrogens with zero attached hydrogens (tertiary/aromatic N) is 2. The fraction of sp³-hybridized carbons (Fsp3) is 0.667. The Hall–Kier alpha value is -1.40. The summed E-state index contributed by atoms with van der Waals surface area (Å²) >= 11 is 0. The molecule has 100 valence electrons. The highest BCUT2D eigenvalue weighted by molar-refractivity contribution is 5.90. The normalized spacial score (nSPS) is 19.1. The van der Waals surface area contributed by atoms with Crippen molar-refractivity contribution in [1.82, 2.24) is 9.78 Å². The van der Waals surface area contributed by atoms with E-state index in [0.717, 1.165) is 31.4 Å². The van der Waals surface area contributed by atoms with E-state index in [1.807, 2.05) is 6.20 Å². The first kappa shape index (κ1) is 13.0. The minimum Gasteiger partial charge on any atom is -0.378 e. The van der Waals surface area contributed by atoms with Crippen molar-refractivity contribution < 1.29 is 9.53 Å². The Balaban J connectivity index is 1.82. The quantitative estimate of drug-likeness (QED) is 0.811. The topological polar surface area (TPSA) is 82.2 Å². The van der Waals surface area contributed by atoms with Crippen LogP contribution in [0.15, 0.2) is 6.20 Å². The monoisotopic (exact) mass is 252 g/mol. The first-order valence-electron chi connectivity index (χ1n) is 6.33. The molecule has 18 heavy (non-hydrogen) atoms. The summed E-state index contributed by atoms with van der Waals surface area (Å²) in [6.45, 7) is 1.19. The zero-order chi connectivity index (χ0) is 13.0. The number of aryl methyl sites for hydroxylation is 1. The summed E-state index contributed by atoms with van der Waals surface area (Å²) in [5, 5.41) is 6.97. The Morgan fingerprint density at radius 2 is 2.56 bits per heavy atom. The van der Waals surface area contributed by atoms with Crippen molar-refractivity contribution in [1.29, 1.82) is 0 Å². The minimum atomic E-state index is -0.0288. The van der Waals surface area contributed by atoms with Crippen molar-refractivity contribution in [2.75, 3.05) is 11.9 Å². The van der Waals surface area contributed by atoms with Crippen molar-refractivity contribution in [2.24, 2.45) is 12.8 Å². The second-order valence-electron chi connectivity index (χ2n) is 4.60. The molecule has 1 aromatic rings. The van der Waals surface area contributed by atoms with Crippen LogP contribution in [0.25, 0.3) is 0 Å². The number of nitrogens with one attached hydrogen (secondary N) is 1. The van der Waals surface area contributed by atoms with Gasteiger partial charge in [0.1, 0.15) is 0 Å². The van der Waals surface area contributed by atoms with Crippen LogP contribution in [-0.4, -0.2) is 28.4 Å². The average molecular weight is 252 g/mol. The molecule has 1 aromatic heterocycles. The van der Waals surface area contributed by atoms with E-state index in [2.05, 4.69) is 10.4 Å². The van der Waals surface area contributed by atoms with E-state index >= 15 is 0 Å². The van der Waals surface area contributed by atoms with E-state index in [0.29, 0.717) is 18.8 Å². The standard InChI is InChI=1S/C12H20N4O2/c1-16-8-9(7-13)12(15-16)14-11(17)5-4-10-3-2-6-18-10/h8,10H,2-7,13H2,1H3,(H,14,15,17). The number of carbonyl (C=O) groups is 1. The predicted molar refractivity (Wildman–Crippen MR) is 67.9 cm³/mol. The zero-order valence-electron chi connectivity index (χ0n) is 10.7. The van der Waals surface area contributed by atoms with Crippen LogP contribution in [0.5, 0.6) is 0 Å². The largest absolute Gasteiger partial charge is 0.378 e. The molecule has 0 aromatic carbocycles. The van der Waals surface area contributed by atoms with Gasteiger partial charge in [0.25, 0.3) is 0 Å². The highest BCUT2D eigenvalue weighted by atomic mass is 16.5. The smallest absolute Gasteiger partial charge is 0.225 e. The lowest BCUT2D eigenvalue weighted by Crippen LogP contribution is -2.16. The molecule has 2 heterocycles. The Morgan fingerprint density at radius 1 is 1.72 bits per heavy atom. The fourth-order valence-corrected chi connectivity index (χ4v) is 2.15. The molecule has 6 nitrogen and oxygen atoms in total. The second-order valence-corrected chi connectivity index (χ2v) is 4.60. The lowest BCUT2D eigenvalue weighted by molar-refractivity contribution is -0.116. The van der Waals surface area contributed by atoms with Gasteiger partial charge in [-0.2, -0.15) is 5.10 Å². The molecule has 0 spiro atoms. The maximum absolute atomic E-state index is 11.8. The second kappa shape index (κ2) is 5.97. The molecule has 1 unspecified atom stereocenters. The van der Waals surface area contributed by atoms with E-state index < -0.39 is 0 Å². The van der Waals surface area contributed by atoms with Gasteiger partial charge < -0.3 is 15.8 Å². The van der Waals surface area contributed by atoms with Crippen LogP contribution in [0.2, 0.25) is 0 Å². The van der Waals surface area contributed by atoms with Crippen LogP contribution in [0.3, 0.4) is 0 Å². The van der Waals surface area contributed by atoms with Gasteiger partial charge in [-0.3, -0.25) is 9.48 Å². The molecule has 1 atom stereocenters. The average Bonchev–Trinajstić information content (AvgIpc) is 2.96. The number of nitrogens with two attached hydrogens (primary N) is 1. The highest BCUT2D eigenvalue weighted by Gasteiger charge is 2.17. The van der Waals surface area contributed by atoms with Crippen LogP contribution >= 0.6 is 0 Å². The first-order chi connectivity index (χ1) is 8.69. The van der Waals surface area contributed by atoms with Gasteiger partial charge in [-0.15, -0.1) is 0 Å². The molecule has 1 fully saturated rings. The predicted octanol–water partition coefficient (Wildman–Crippen LogP) is 0.776. The summed E-state index contributed by atoms with van der Waals surface area (Å²) in [6.07, 6.45) is 5.46. The van der Waals surface area contributed by atoms with Crippen molar-refractivity contribution in [3.05, 3.63) is 11.8 Å².